The number of hydrogen-bond acceptors (Lipinski definition) is 6. The zero-order valence-corrected chi connectivity index (χ0v) is 19.3. The number of benzene rings is 2. The summed E-state index contributed by atoms with van der Waals surface area (Å²) in [6, 6.07) is 13.3. The first-order valence-corrected chi connectivity index (χ1v) is 12.1. The van der Waals surface area contributed by atoms with Crippen LogP contribution in [0, 0.1) is 6.92 Å². The third-order valence-electron chi connectivity index (χ3n) is 5.29. The first kappa shape index (κ1) is 21.5. The molecule has 4 rings (SSSR count). The number of nitrogens with zero attached hydrogens (tertiary/aromatic N) is 3. The van der Waals surface area contributed by atoms with Crippen molar-refractivity contribution in [3.05, 3.63) is 70.2 Å². The number of aryl methyl sites for hydroxylation is 1. The number of amides is 1. The first-order chi connectivity index (χ1) is 14.7. The molecule has 3 aromatic rings. The maximum Gasteiger partial charge on any atom is 0.264 e. The molecule has 1 amide bonds. The Bertz CT molecular complexity index is 1220. The van der Waals surface area contributed by atoms with Crippen LogP contribution in [-0.2, 0) is 23.0 Å². The number of fused-ring (bicyclic) bond motifs is 1. The maximum absolute atomic E-state index is 13.1. The van der Waals surface area contributed by atoms with Gasteiger partial charge in [0, 0.05) is 37.0 Å². The van der Waals surface area contributed by atoms with Crippen LogP contribution in [0.4, 0.5) is 10.8 Å². The van der Waals surface area contributed by atoms with E-state index in [1.165, 1.54) is 34.8 Å². The molecule has 0 atom stereocenters. The molecule has 0 bridgehead atoms. The molecular weight excluding hydrogens is 432 g/mol. The molecule has 162 valence electrons. The molecule has 2 heterocycles. The van der Waals surface area contributed by atoms with Gasteiger partial charge in [-0.05, 0) is 44.3 Å². The Labute approximate surface area is 186 Å². The van der Waals surface area contributed by atoms with Gasteiger partial charge < -0.3 is 4.90 Å². The Morgan fingerprint density at radius 2 is 1.94 bits per heavy atom. The van der Waals surface area contributed by atoms with Crippen LogP contribution in [0.15, 0.2) is 53.4 Å². The third-order valence-corrected chi connectivity index (χ3v) is 8.07. The Morgan fingerprint density at radius 1 is 1.19 bits per heavy atom. The summed E-state index contributed by atoms with van der Waals surface area (Å²) in [6.07, 6.45) is 0.858. The van der Waals surface area contributed by atoms with E-state index in [0.29, 0.717) is 10.8 Å². The van der Waals surface area contributed by atoms with Gasteiger partial charge >= 0.3 is 0 Å². The van der Waals surface area contributed by atoms with Crippen molar-refractivity contribution in [1.29, 1.82) is 0 Å². The summed E-state index contributed by atoms with van der Waals surface area (Å²) in [7, 11) is -0.247. The molecule has 0 saturated heterocycles. The number of rotatable bonds is 5. The van der Waals surface area contributed by atoms with E-state index in [4.69, 9.17) is 0 Å². The monoisotopic (exact) mass is 456 g/mol. The molecule has 0 aliphatic carbocycles. The van der Waals surface area contributed by atoms with Gasteiger partial charge in [0.2, 0.25) is 0 Å². The second kappa shape index (κ2) is 8.41. The van der Waals surface area contributed by atoms with Crippen LogP contribution in [0.5, 0.6) is 0 Å². The number of sulfonamides is 1. The highest BCUT2D eigenvalue weighted by Gasteiger charge is 2.23. The Hall–Kier alpha value is -2.75. The predicted octanol–water partition coefficient (Wildman–Crippen LogP) is 3.52. The molecule has 1 aliphatic heterocycles. The Morgan fingerprint density at radius 3 is 2.68 bits per heavy atom. The van der Waals surface area contributed by atoms with Crippen molar-refractivity contribution in [2.75, 3.05) is 30.3 Å². The van der Waals surface area contributed by atoms with Crippen molar-refractivity contribution in [1.82, 2.24) is 9.88 Å². The Balaban J connectivity index is 1.55. The molecule has 0 fully saturated rings. The van der Waals surface area contributed by atoms with Crippen LogP contribution >= 0.6 is 11.3 Å². The zero-order chi connectivity index (χ0) is 22.2. The van der Waals surface area contributed by atoms with Gasteiger partial charge in [-0.25, -0.2) is 13.4 Å². The number of anilines is 2. The lowest BCUT2D eigenvalue weighted by atomic mass is 10.2. The molecule has 0 radical (unpaired) electrons. The summed E-state index contributed by atoms with van der Waals surface area (Å²) >= 11 is 1.46. The van der Waals surface area contributed by atoms with Crippen molar-refractivity contribution in [2.45, 2.75) is 24.8 Å². The quantitative estimate of drug-likeness (QED) is 0.635. The van der Waals surface area contributed by atoms with E-state index < -0.39 is 10.0 Å². The fourth-order valence-corrected chi connectivity index (χ4v) is 5.72. The van der Waals surface area contributed by atoms with Gasteiger partial charge in [0.05, 0.1) is 16.3 Å². The maximum atomic E-state index is 13.1. The second-order valence-electron chi connectivity index (χ2n) is 7.67. The highest BCUT2D eigenvalue weighted by molar-refractivity contribution is 7.92. The first-order valence-electron chi connectivity index (χ1n) is 9.88. The third kappa shape index (κ3) is 4.48. The number of carbonyl (C=O) groups excluding carboxylic acids is 1. The summed E-state index contributed by atoms with van der Waals surface area (Å²) in [5, 5.41) is 3.35. The Kier molecular flexibility index (Phi) is 5.83. The number of thiazole rings is 1. The molecule has 0 spiro atoms. The summed E-state index contributed by atoms with van der Waals surface area (Å²) in [4.78, 5) is 20.7. The topological polar surface area (TPSA) is 82.6 Å². The number of likely N-dealkylation sites (N-methyl/N-ethyl adjacent to an activating group) is 1. The molecule has 0 unspecified atom stereocenters. The standard InChI is InChI=1S/C22H24N4O3S2/c1-15-7-9-17(10-8-15)26(3)31(28,29)18-6-4-5-16(13-18)21(27)24-22-23-19-11-12-25(2)14-20(19)30-22/h4-10,13H,11-12,14H2,1-3H3,(H,23,24,27). The van der Waals surface area contributed by atoms with E-state index in [-0.39, 0.29) is 16.4 Å². The predicted molar refractivity (Wildman–Crippen MR) is 123 cm³/mol. The number of aromatic nitrogens is 1. The SMILES string of the molecule is Cc1ccc(N(C)S(=O)(=O)c2cccc(C(=O)Nc3nc4c(s3)CN(C)CC4)c2)cc1. The number of carbonyl (C=O) groups is 1. The average molecular weight is 457 g/mol. The van der Waals surface area contributed by atoms with E-state index >= 15 is 0 Å². The second-order valence-corrected chi connectivity index (χ2v) is 10.7. The van der Waals surface area contributed by atoms with Gasteiger partial charge in [0.25, 0.3) is 15.9 Å². The van der Waals surface area contributed by atoms with Gasteiger partial charge in [0.1, 0.15) is 0 Å². The van der Waals surface area contributed by atoms with E-state index in [0.717, 1.165) is 35.6 Å². The van der Waals surface area contributed by atoms with Crippen molar-refractivity contribution >= 4 is 38.1 Å². The van der Waals surface area contributed by atoms with Crippen molar-refractivity contribution in [3.8, 4) is 0 Å². The fourth-order valence-electron chi connectivity index (χ4n) is 3.40. The van der Waals surface area contributed by atoms with Crippen LogP contribution in [-0.4, -0.2) is 44.8 Å². The summed E-state index contributed by atoms with van der Waals surface area (Å²) in [5.74, 6) is -0.380. The van der Waals surface area contributed by atoms with E-state index in [9.17, 15) is 13.2 Å². The molecule has 9 heteroatoms. The van der Waals surface area contributed by atoms with E-state index in [1.54, 1.807) is 24.3 Å². The molecule has 0 saturated carbocycles. The number of nitrogens with one attached hydrogen (secondary N) is 1. The van der Waals surface area contributed by atoms with E-state index in [2.05, 4.69) is 22.2 Å². The van der Waals surface area contributed by atoms with Crippen LogP contribution in [0.25, 0.3) is 0 Å². The highest BCUT2D eigenvalue weighted by atomic mass is 32.2. The minimum absolute atomic E-state index is 0.0586. The molecule has 7 nitrogen and oxygen atoms in total. The minimum atomic E-state index is -3.81. The van der Waals surface area contributed by atoms with Gasteiger partial charge in [-0.2, -0.15) is 0 Å². The zero-order valence-electron chi connectivity index (χ0n) is 17.6. The van der Waals surface area contributed by atoms with Crippen molar-refractivity contribution < 1.29 is 13.2 Å². The highest BCUT2D eigenvalue weighted by Crippen LogP contribution is 2.28. The van der Waals surface area contributed by atoms with Gasteiger partial charge in [0.15, 0.2) is 5.13 Å². The lowest BCUT2D eigenvalue weighted by molar-refractivity contribution is 0.102. The molecule has 31 heavy (non-hydrogen) atoms. The van der Waals surface area contributed by atoms with Gasteiger partial charge in [-0.1, -0.05) is 23.8 Å². The summed E-state index contributed by atoms with van der Waals surface area (Å²) < 4.78 is 27.4. The van der Waals surface area contributed by atoms with Crippen LogP contribution in [0.3, 0.4) is 0 Å². The number of hydrogen-bond donors (Lipinski definition) is 1. The van der Waals surface area contributed by atoms with Gasteiger partial charge in [-0.15, -0.1) is 11.3 Å². The molecule has 2 aromatic carbocycles. The van der Waals surface area contributed by atoms with E-state index in [1.807, 2.05) is 19.1 Å². The van der Waals surface area contributed by atoms with Crippen LogP contribution in [0.2, 0.25) is 0 Å². The van der Waals surface area contributed by atoms with Crippen LogP contribution in [0.1, 0.15) is 26.5 Å². The van der Waals surface area contributed by atoms with Gasteiger partial charge in [-0.3, -0.25) is 14.4 Å². The lowest BCUT2D eigenvalue weighted by Crippen LogP contribution is -2.26. The molecular formula is C22H24N4O3S2. The smallest absolute Gasteiger partial charge is 0.264 e. The summed E-state index contributed by atoms with van der Waals surface area (Å²) in [6.45, 7) is 3.71. The van der Waals surface area contributed by atoms with Crippen molar-refractivity contribution in [3.63, 3.8) is 0 Å². The largest absolute Gasteiger partial charge is 0.301 e. The molecule has 1 N–H and O–H groups in total. The van der Waals surface area contributed by atoms with Crippen molar-refractivity contribution in [2.24, 2.45) is 0 Å². The minimum Gasteiger partial charge on any atom is -0.301 e. The fraction of sp³-hybridized carbons (Fsp3) is 0.273. The summed E-state index contributed by atoms with van der Waals surface area (Å²) in [5.41, 5.74) is 2.89. The average Bonchev–Trinajstić information content (AvgIpc) is 3.15. The molecule has 1 aliphatic rings. The normalized spacial score (nSPS) is 14.2. The van der Waals surface area contributed by atoms with Crippen LogP contribution < -0.4 is 9.62 Å². The lowest BCUT2D eigenvalue weighted by Gasteiger charge is -2.20. The molecule has 1 aromatic heterocycles.